The van der Waals surface area contributed by atoms with Gasteiger partial charge in [0, 0.05) is 18.1 Å². The van der Waals surface area contributed by atoms with E-state index in [0.717, 1.165) is 16.4 Å². The first kappa shape index (κ1) is 13.0. The van der Waals surface area contributed by atoms with Crippen molar-refractivity contribution in [2.45, 2.75) is 18.9 Å². The van der Waals surface area contributed by atoms with Crippen LogP contribution in [-0.2, 0) is 4.79 Å². The van der Waals surface area contributed by atoms with E-state index < -0.39 is 0 Å². The molecular weight excluding hydrogens is 352 g/mol. The van der Waals surface area contributed by atoms with E-state index in [9.17, 15) is 4.79 Å². The van der Waals surface area contributed by atoms with Crippen LogP contribution in [0.5, 0.6) is 5.75 Å². The van der Waals surface area contributed by atoms with Crippen LogP contribution in [0.3, 0.4) is 0 Å². The van der Waals surface area contributed by atoms with Crippen LogP contribution in [-0.4, -0.2) is 30.5 Å². The molecular formula is C12H13ClINO2. The molecule has 1 aliphatic rings. The molecule has 1 aliphatic carbocycles. The molecule has 1 aromatic carbocycles. The molecule has 1 fully saturated rings. The number of hydrogen-bond donors (Lipinski definition) is 0. The number of ether oxygens (including phenoxy) is 1. The van der Waals surface area contributed by atoms with Crippen molar-refractivity contribution in [3.05, 3.63) is 26.8 Å². The summed E-state index contributed by atoms with van der Waals surface area (Å²) >= 11 is 8.03. The smallest absolute Gasteiger partial charge is 0.260 e. The summed E-state index contributed by atoms with van der Waals surface area (Å²) in [6.45, 7) is 0.0728. The van der Waals surface area contributed by atoms with Gasteiger partial charge in [-0.05, 0) is 53.6 Å². The minimum absolute atomic E-state index is 0.0169. The Hall–Kier alpha value is -0.490. The van der Waals surface area contributed by atoms with E-state index in [0.29, 0.717) is 16.8 Å². The molecule has 0 atom stereocenters. The molecule has 0 radical (unpaired) electrons. The third-order valence-electron chi connectivity index (χ3n) is 2.73. The van der Waals surface area contributed by atoms with Crippen LogP contribution < -0.4 is 4.74 Å². The van der Waals surface area contributed by atoms with Crippen LogP contribution in [0.2, 0.25) is 5.02 Å². The van der Waals surface area contributed by atoms with Gasteiger partial charge in [0.2, 0.25) is 0 Å². The third kappa shape index (κ3) is 3.48. The summed E-state index contributed by atoms with van der Waals surface area (Å²) < 4.78 is 6.45. The second kappa shape index (κ2) is 5.44. The quantitative estimate of drug-likeness (QED) is 0.768. The summed E-state index contributed by atoms with van der Waals surface area (Å²) in [6.07, 6.45) is 2.22. The Labute approximate surface area is 119 Å². The fourth-order valence-electron chi connectivity index (χ4n) is 1.49. The highest BCUT2D eigenvalue weighted by Gasteiger charge is 2.29. The number of likely N-dealkylation sites (N-methyl/N-ethyl adjacent to an activating group) is 1. The van der Waals surface area contributed by atoms with Crippen molar-refractivity contribution < 1.29 is 9.53 Å². The minimum atomic E-state index is 0.0169. The number of nitrogens with zero attached hydrogens (tertiary/aromatic N) is 1. The highest BCUT2D eigenvalue weighted by Crippen LogP contribution is 2.27. The standard InChI is InChI=1S/C12H13ClINO2/c1-15(9-3-4-9)12(16)7-17-11-6-8(13)2-5-10(11)14/h2,5-6,9H,3-4,7H2,1H3. The molecule has 1 saturated carbocycles. The molecule has 0 bridgehead atoms. The summed E-state index contributed by atoms with van der Waals surface area (Å²) in [4.78, 5) is 13.5. The van der Waals surface area contributed by atoms with Gasteiger partial charge in [-0.3, -0.25) is 4.79 Å². The van der Waals surface area contributed by atoms with Crippen molar-refractivity contribution in [3.8, 4) is 5.75 Å². The van der Waals surface area contributed by atoms with E-state index in [1.54, 1.807) is 17.0 Å². The van der Waals surface area contributed by atoms with Crippen molar-refractivity contribution in [3.63, 3.8) is 0 Å². The van der Waals surface area contributed by atoms with Gasteiger partial charge >= 0.3 is 0 Å². The number of halogens is 2. The predicted molar refractivity (Wildman–Crippen MR) is 75.5 cm³/mol. The van der Waals surface area contributed by atoms with Gasteiger partial charge in [-0.25, -0.2) is 0 Å². The van der Waals surface area contributed by atoms with Crippen LogP contribution in [0.15, 0.2) is 18.2 Å². The Morgan fingerprint density at radius 3 is 2.94 bits per heavy atom. The van der Waals surface area contributed by atoms with Gasteiger partial charge in [0.05, 0.1) is 3.57 Å². The summed E-state index contributed by atoms with van der Waals surface area (Å²) in [6, 6.07) is 5.82. The zero-order chi connectivity index (χ0) is 12.4. The van der Waals surface area contributed by atoms with E-state index in [1.807, 2.05) is 13.1 Å². The van der Waals surface area contributed by atoms with E-state index in [-0.39, 0.29) is 12.5 Å². The second-order valence-corrected chi connectivity index (χ2v) is 5.70. The molecule has 5 heteroatoms. The van der Waals surface area contributed by atoms with E-state index >= 15 is 0 Å². The second-order valence-electron chi connectivity index (χ2n) is 4.10. The summed E-state index contributed by atoms with van der Waals surface area (Å²) in [5, 5.41) is 0.614. The molecule has 0 saturated heterocycles. The fraction of sp³-hybridized carbons (Fsp3) is 0.417. The largest absolute Gasteiger partial charge is 0.483 e. The Balaban J connectivity index is 1.92. The molecule has 0 heterocycles. The average Bonchev–Trinajstić information content (AvgIpc) is 3.13. The van der Waals surface area contributed by atoms with Crippen molar-refractivity contribution in [1.82, 2.24) is 4.90 Å². The monoisotopic (exact) mass is 365 g/mol. The van der Waals surface area contributed by atoms with Gasteiger partial charge in [-0.15, -0.1) is 0 Å². The summed E-state index contributed by atoms with van der Waals surface area (Å²) in [7, 11) is 1.83. The van der Waals surface area contributed by atoms with Gasteiger partial charge in [0.1, 0.15) is 5.75 Å². The lowest BCUT2D eigenvalue weighted by Crippen LogP contribution is -2.33. The Morgan fingerprint density at radius 2 is 2.29 bits per heavy atom. The predicted octanol–water partition coefficient (Wildman–Crippen LogP) is 2.94. The van der Waals surface area contributed by atoms with Crippen LogP contribution in [0.4, 0.5) is 0 Å². The van der Waals surface area contributed by atoms with Crippen molar-refractivity contribution in [1.29, 1.82) is 0 Å². The van der Waals surface area contributed by atoms with Gasteiger partial charge in [0.25, 0.3) is 5.91 Å². The highest BCUT2D eigenvalue weighted by molar-refractivity contribution is 14.1. The Morgan fingerprint density at radius 1 is 1.59 bits per heavy atom. The maximum atomic E-state index is 11.8. The molecule has 0 N–H and O–H groups in total. The SMILES string of the molecule is CN(C(=O)COc1cc(Cl)ccc1I)C1CC1. The first-order valence-electron chi connectivity index (χ1n) is 5.41. The number of benzene rings is 1. The van der Waals surface area contributed by atoms with E-state index in [1.165, 1.54) is 0 Å². The summed E-state index contributed by atoms with van der Waals surface area (Å²) in [5.74, 6) is 0.680. The molecule has 0 aromatic heterocycles. The van der Waals surface area contributed by atoms with E-state index in [4.69, 9.17) is 16.3 Å². The number of carbonyl (C=O) groups excluding carboxylic acids is 1. The minimum Gasteiger partial charge on any atom is -0.483 e. The highest BCUT2D eigenvalue weighted by atomic mass is 127. The molecule has 0 spiro atoms. The fourth-order valence-corrected chi connectivity index (χ4v) is 2.15. The molecule has 17 heavy (non-hydrogen) atoms. The van der Waals surface area contributed by atoms with Gasteiger partial charge in [-0.2, -0.15) is 0 Å². The number of carbonyl (C=O) groups is 1. The third-order valence-corrected chi connectivity index (χ3v) is 3.86. The molecule has 3 nitrogen and oxygen atoms in total. The first-order valence-corrected chi connectivity index (χ1v) is 6.87. The van der Waals surface area contributed by atoms with Crippen molar-refractivity contribution >= 4 is 40.1 Å². The van der Waals surface area contributed by atoms with Crippen molar-refractivity contribution in [2.24, 2.45) is 0 Å². The molecule has 1 amide bonds. The zero-order valence-corrected chi connectivity index (χ0v) is 12.4. The van der Waals surface area contributed by atoms with E-state index in [2.05, 4.69) is 22.6 Å². The van der Waals surface area contributed by atoms with Crippen molar-refractivity contribution in [2.75, 3.05) is 13.7 Å². The molecule has 0 aliphatic heterocycles. The molecule has 0 unspecified atom stereocenters. The van der Waals surface area contributed by atoms with Gasteiger partial charge in [0.15, 0.2) is 6.61 Å². The lowest BCUT2D eigenvalue weighted by molar-refractivity contribution is -0.132. The van der Waals surface area contributed by atoms with Crippen LogP contribution in [0.1, 0.15) is 12.8 Å². The summed E-state index contributed by atoms with van der Waals surface area (Å²) in [5.41, 5.74) is 0. The topological polar surface area (TPSA) is 29.5 Å². The zero-order valence-electron chi connectivity index (χ0n) is 9.45. The molecule has 92 valence electrons. The van der Waals surface area contributed by atoms with Gasteiger partial charge < -0.3 is 9.64 Å². The molecule has 1 aromatic rings. The molecule has 2 rings (SSSR count). The van der Waals surface area contributed by atoms with Gasteiger partial charge in [-0.1, -0.05) is 11.6 Å². The Bertz CT molecular complexity index is 435. The maximum Gasteiger partial charge on any atom is 0.260 e. The Kier molecular flexibility index (Phi) is 4.14. The maximum absolute atomic E-state index is 11.8. The lowest BCUT2D eigenvalue weighted by Gasteiger charge is -2.16. The number of hydrogen-bond acceptors (Lipinski definition) is 2. The first-order chi connectivity index (χ1) is 8.08. The lowest BCUT2D eigenvalue weighted by atomic mass is 10.3. The van der Waals surface area contributed by atoms with Crippen LogP contribution in [0.25, 0.3) is 0 Å². The van der Waals surface area contributed by atoms with Crippen LogP contribution >= 0.6 is 34.2 Å². The van der Waals surface area contributed by atoms with Crippen LogP contribution in [0, 0.1) is 3.57 Å². The average molecular weight is 366 g/mol. The number of rotatable bonds is 4. The number of amides is 1. The normalized spacial score (nSPS) is 14.5.